The molecule has 1 aliphatic carbocycles. The Morgan fingerprint density at radius 2 is 1.69 bits per heavy atom. The number of carbonyl (C=O) groups is 2. The van der Waals surface area contributed by atoms with E-state index < -0.39 is 5.92 Å². The van der Waals surface area contributed by atoms with Crippen molar-refractivity contribution in [1.82, 2.24) is 10.6 Å². The Morgan fingerprint density at radius 1 is 1.03 bits per heavy atom. The van der Waals surface area contributed by atoms with E-state index in [0.717, 1.165) is 15.7 Å². The van der Waals surface area contributed by atoms with Crippen molar-refractivity contribution in [3.8, 4) is 0 Å². The van der Waals surface area contributed by atoms with Gasteiger partial charge in [0.1, 0.15) is 0 Å². The van der Waals surface area contributed by atoms with E-state index in [-0.39, 0.29) is 17.2 Å². The third-order valence-electron chi connectivity index (χ3n) is 4.88. The van der Waals surface area contributed by atoms with Crippen LogP contribution in [0.2, 0.25) is 0 Å². The number of benzene rings is 2. The molecule has 5 heteroatoms. The lowest BCUT2D eigenvalue weighted by Crippen LogP contribution is -2.44. The van der Waals surface area contributed by atoms with E-state index >= 15 is 0 Å². The van der Waals surface area contributed by atoms with Crippen LogP contribution in [-0.4, -0.2) is 17.2 Å². The van der Waals surface area contributed by atoms with Gasteiger partial charge in [-0.1, -0.05) is 58.4 Å². The fourth-order valence-electron chi connectivity index (χ4n) is 3.57. The Labute approximate surface area is 180 Å². The molecule has 0 saturated carbocycles. The molecule has 1 amide bonds. The number of allylic oxidation sites excluding steroid dienone is 1. The number of amides is 1. The van der Waals surface area contributed by atoms with Gasteiger partial charge in [-0.25, -0.2) is 0 Å². The van der Waals surface area contributed by atoms with Crippen LogP contribution in [0.5, 0.6) is 0 Å². The average Bonchev–Trinajstić information content (AvgIpc) is 3.10. The van der Waals surface area contributed by atoms with Gasteiger partial charge in [-0.05, 0) is 51.3 Å². The van der Waals surface area contributed by atoms with Gasteiger partial charge in [0, 0.05) is 33.4 Å². The average molecular weight is 455 g/mol. The third-order valence-corrected chi connectivity index (χ3v) is 5.57. The molecule has 2 aromatic rings. The Kier molecular flexibility index (Phi) is 6.58. The number of carbonyl (C=O) groups excluding carboxylic acids is 2. The van der Waals surface area contributed by atoms with E-state index in [2.05, 4.69) is 26.6 Å². The zero-order chi connectivity index (χ0) is 21.0. The number of hydrogen-bond acceptors (Lipinski definition) is 3. The molecule has 0 unspecified atom stereocenters. The van der Waals surface area contributed by atoms with Gasteiger partial charge < -0.3 is 10.6 Å². The zero-order valence-corrected chi connectivity index (χ0v) is 18.7. The molecule has 4 nitrogen and oxygen atoms in total. The normalized spacial score (nSPS) is 16.6. The van der Waals surface area contributed by atoms with Gasteiger partial charge in [0.25, 0.3) is 0 Å². The van der Waals surface area contributed by atoms with Gasteiger partial charge in [-0.15, -0.1) is 0 Å². The summed E-state index contributed by atoms with van der Waals surface area (Å²) in [7, 11) is 0. The van der Waals surface area contributed by atoms with Gasteiger partial charge in [-0.3, -0.25) is 9.59 Å². The molecule has 0 aliphatic heterocycles. The summed E-state index contributed by atoms with van der Waals surface area (Å²) in [6.07, 6.45) is 1.31. The van der Waals surface area contributed by atoms with E-state index in [1.807, 2.05) is 69.3 Å². The first-order chi connectivity index (χ1) is 13.8. The first kappa shape index (κ1) is 21.3. The second-order valence-electron chi connectivity index (χ2n) is 8.37. The lowest BCUT2D eigenvalue weighted by molar-refractivity contribution is -0.125. The van der Waals surface area contributed by atoms with Crippen LogP contribution < -0.4 is 10.6 Å². The minimum Gasteiger partial charge on any atom is -0.384 e. The molecule has 2 N–H and O–H groups in total. The van der Waals surface area contributed by atoms with Gasteiger partial charge in [0.15, 0.2) is 5.78 Å². The van der Waals surface area contributed by atoms with Crippen LogP contribution in [0, 0.1) is 5.92 Å². The zero-order valence-electron chi connectivity index (χ0n) is 17.1. The summed E-state index contributed by atoms with van der Waals surface area (Å²) in [5.41, 5.74) is 2.81. The van der Waals surface area contributed by atoms with Crippen molar-refractivity contribution in [1.29, 1.82) is 0 Å². The summed E-state index contributed by atoms with van der Waals surface area (Å²) < 4.78 is 0.738. The molecule has 29 heavy (non-hydrogen) atoms. The molecule has 0 heterocycles. The van der Waals surface area contributed by atoms with Crippen molar-refractivity contribution in [2.45, 2.75) is 45.7 Å². The topological polar surface area (TPSA) is 58.2 Å². The highest BCUT2D eigenvalue weighted by Crippen LogP contribution is 2.35. The Morgan fingerprint density at radius 3 is 2.34 bits per heavy atom. The van der Waals surface area contributed by atoms with Gasteiger partial charge in [0.2, 0.25) is 5.91 Å². The molecule has 2 aromatic carbocycles. The number of nitrogens with one attached hydrogen (secondary N) is 2. The van der Waals surface area contributed by atoms with Crippen LogP contribution >= 0.6 is 15.9 Å². The molecule has 152 valence electrons. The van der Waals surface area contributed by atoms with Crippen molar-refractivity contribution in [2.75, 3.05) is 0 Å². The number of rotatable bonds is 6. The second kappa shape index (κ2) is 8.95. The van der Waals surface area contributed by atoms with Crippen LogP contribution in [0.1, 0.15) is 49.5 Å². The largest absolute Gasteiger partial charge is 0.384 e. The van der Waals surface area contributed by atoms with Gasteiger partial charge in [-0.2, -0.15) is 0 Å². The first-order valence-corrected chi connectivity index (χ1v) is 10.7. The SMILES string of the molecule is CC(C)(C)NC(=O)[C@@H]1CCC(NCc2ccccc2)=C1C(=O)c1ccccc1Br. The third kappa shape index (κ3) is 5.36. The van der Waals surface area contributed by atoms with E-state index in [0.29, 0.717) is 30.5 Å². The fourth-order valence-corrected chi connectivity index (χ4v) is 4.04. The number of hydrogen-bond donors (Lipinski definition) is 2. The second-order valence-corrected chi connectivity index (χ2v) is 9.23. The summed E-state index contributed by atoms with van der Waals surface area (Å²) in [5.74, 6) is -0.642. The molecule has 0 aromatic heterocycles. The predicted octanol–water partition coefficient (Wildman–Crippen LogP) is 5.00. The summed E-state index contributed by atoms with van der Waals surface area (Å²) in [4.78, 5) is 26.4. The predicted molar refractivity (Wildman–Crippen MR) is 119 cm³/mol. The number of ketones is 1. The van der Waals surface area contributed by atoms with Crippen molar-refractivity contribution >= 4 is 27.6 Å². The Hall–Kier alpha value is -2.40. The number of halogens is 1. The van der Waals surface area contributed by atoms with Crippen LogP contribution in [-0.2, 0) is 11.3 Å². The van der Waals surface area contributed by atoms with Crippen LogP contribution in [0.15, 0.2) is 70.3 Å². The van der Waals surface area contributed by atoms with Crippen LogP contribution in [0.25, 0.3) is 0 Å². The smallest absolute Gasteiger partial charge is 0.228 e. The van der Waals surface area contributed by atoms with E-state index in [9.17, 15) is 9.59 Å². The molecule has 3 rings (SSSR count). The highest BCUT2D eigenvalue weighted by Gasteiger charge is 2.37. The molecule has 0 bridgehead atoms. The summed E-state index contributed by atoms with van der Waals surface area (Å²) in [5, 5.41) is 6.47. The molecular weight excluding hydrogens is 428 g/mol. The highest BCUT2D eigenvalue weighted by atomic mass is 79.9. The quantitative estimate of drug-likeness (QED) is 0.603. The number of Topliss-reactive ketones (excluding diaryl/α,β-unsaturated/α-hetero) is 1. The Bertz CT molecular complexity index is 929. The van der Waals surface area contributed by atoms with Crippen LogP contribution in [0.4, 0.5) is 0 Å². The lowest BCUT2D eigenvalue weighted by atomic mass is 9.92. The maximum Gasteiger partial charge on any atom is 0.228 e. The van der Waals surface area contributed by atoms with Crippen molar-refractivity contribution in [2.24, 2.45) is 5.92 Å². The standard InChI is InChI=1S/C24H27BrN2O2/c1-24(2,3)27-23(29)18-13-14-20(26-15-16-9-5-4-6-10-16)21(18)22(28)17-11-7-8-12-19(17)25/h4-12,18,26H,13-15H2,1-3H3,(H,27,29)/t18-/m1/s1. The molecule has 1 aliphatic rings. The summed E-state index contributed by atoms with van der Waals surface area (Å²) >= 11 is 3.48. The van der Waals surface area contributed by atoms with Crippen molar-refractivity contribution in [3.05, 3.63) is 81.5 Å². The maximum atomic E-state index is 13.5. The molecule has 0 fully saturated rings. The van der Waals surface area contributed by atoms with Gasteiger partial charge in [0.05, 0.1) is 5.92 Å². The van der Waals surface area contributed by atoms with Crippen LogP contribution in [0.3, 0.4) is 0 Å². The maximum absolute atomic E-state index is 13.5. The molecular formula is C24H27BrN2O2. The fraction of sp³-hybridized carbons (Fsp3) is 0.333. The minimum absolute atomic E-state index is 0.0931. The molecule has 0 spiro atoms. The van der Waals surface area contributed by atoms with Crippen molar-refractivity contribution < 1.29 is 9.59 Å². The highest BCUT2D eigenvalue weighted by molar-refractivity contribution is 9.10. The van der Waals surface area contributed by atoms with E-state index in [4.69, 9.17) is 0 Å². The van der Waals surface area contributed by atoms with Crippen molar-refractivity contribution in [3.63, 3.8) is 0 Å². The summed E-state index contributed by atoms with van der Waals surface area (Å²) in [6.45, 7) is 6.48. The van der Waals surface area contributed by atoms with E-state index in [1.165, 1.54) is 0 Å². The lowest BCUT2D eigenvalue weighted by Gasteiger charge is -2.24. The van der Waals surface area contributed by atoms with Gasteiger partial charge >= 0.3 is 0 Å². The Balaban J connectivity index is 1.93. The minimum atomic E-state index is -0.452. The molecule has 0 radical (unpaired) electrons. The molecule has 1 atom stereocenters. The van der Waals surface area contributed by atoms with E-state index in [1.54, 1.807) is 6.07 Å². The monoisotopic (exact) mass is 454 g/mol. The first-order valence-electron chi connectivity index (χ1n) is 9.88. The summed E-state index contributed by atoms with van der Waals surface area (Å²) in [6, 6.07) is 17.4. The molecule has 0 saturated heterocycles.